The second-order valence-corrected chi connectivity index (χ2v) is 4.62. The van der Waals surface area contributed by atoms with Gasteiger partial charge >= 0.3 is 5.69 Å². The number of anilines is 2. The van der Waals surface area contributed by atoms with E-state index < -0.39 is 10.7 Å². The molecule has 22 heavy (non-hydrogen) atoms. The standard InChI is InChI=1S/C13H12ClFN5O2/c1-2-16-12-11(20(21)22)7-18-13(19-12)17-6-8-3-4-9(14)10(15)5-8/h3-5,7H,1-2,6H2,(H2,16,17,18,19). The van der Waals surface area contributed by atoms with Crippen LogP contribution in [0.4, 0.5) is 21.8 Å². The molecule has 1 aromatic carbocycles. The number of aromatic nitrogens is 2. The Morgan fingerprint density at radius 3 is 2.82 bits per heavy atom. The van der Waals surface area contributed by atoms with Crippen LogP contribution in [0.25, 0.3) is 0 Å². The van der Waals surface area contributed by atoms with Crippen LogP contribution in [0.5, 0.6) is 0 Å². The molecule has 2 rings (SSSR count). The van der Waals surface area contributed by atoms with Crippen molar-refractivity contribution < 1.29 is 9.31 Å². The molecule has 115 valence electrons. The van der Waals surface area contributed by atoms with Crippen LogP contribution in [-0.4, -0.2) is 21.4 Å². The van der Waals surface area contributed by atoms with Crippen molar-refractivity contribution in [3.8, 4) is 0 Å². The molecular formula is C13H12ClFN5O2. The third-order valence-electron chi connectivity index (χ3n) is 2.69. The molecule has 0 amide bonds. The quantitative estimate of drug-likeness (QED) is 0.626. The summed E-state index contributed by atoms with van der Waals surface area (Å²) in [7, 11) is 0. The maximum absolute atomic E-state index is 13.3. The highest BCUT2D eigenvalue weighted by molar-refractivity contribution is 6.30. The summed E-state index contributed by atoms with van der Waals surface area (Å²) in [6.07, 6.45) is 1.09. The van der Waals surface area contributed by atoms with Crippen LogP contribution >= 0.6 is 11.6 Å². The molecule has 0 bridgehead atoms. The van der Waals surface area contributed by atoms with E-state index in [1.165, 1.54) is 12.1 Å². The van der Waals surface area contributed by atoms with Crippen molar-refractivity contribution in [2.45, 2.75) is 6.54 Å². The molecule has 7 nitrogen and oxygen atoms in total. The van der Waals surface area contributed by atoms with Crippen molar-refractivity contribution >= 4 is 29.1 Å². The SMILES string of the molecule is [CH2]CNc1nc(NCc2ccc(Cl)c(F)c2)ncc1[N+](=O)[O-]. The minimum Gasteiger partial charge on any atom is -0.364 e. The highest BCUT2D eigenvalue weighted by atomic mass is 35.5. The zero-order valence-electron chi connectivity index (χ0n) is 11.3. The molecule has 0 saturated carbocycles. The summed E-state index contributed by atoms with van der Waals surface area (Å²) in [5.41, 5.74) is 0.391. The molecule has 1 heterocycles. The number of nitrogens with zero attached hydrogens (tertiary/aromatic N) is 3. The number of hydrogen-bond acceptors (Lipinski definition) is 6. The maximum Gasteiger partial charge on any atom is 0.329 e. The van der Waals surface area contributed by atoms with Crippen molar-refractivity contribution in [1.29, 1.82) is 0 Å². The zero-order valence-corrected chi connectivity index (χ0v) is 12.1. The second kappa shape index (κ2) is 6.99. The van der Waals surface area contributed by atoms with Gasteiger partial charge in [-0.1, -0.05) is 17.7 Å². The number of hydrogen-bond donors (Lipinski definition) is 2. The second-order valence-electron chi connectivity index (χ2n) is 4.21. The number of benzene rings is 1. The van der Waals surface area contributed by atoms with Crippen molar-refractivity contribution in [3.63, 3.8) is 0 Å². The van der Waals surface area contributed by atoms with Gasteiger partial charge < -0.3 is 10.6 Å². The lowest BCUT2D eigenvalue weighted by atomic mass is 10.2. The predicted molar refractivity (Wildman–Crippen MR) is 81.3 cm³/mol. The van der Waals surface area contributed by atoms with E-state index in [1.54, 1.807) is 6.07 Å². The average Bonchev–Trinajstić information content (AvgIpc) is 2.49. The molecule has 0 spiro atoms. The van der Waals surface area contributed by atoms with Gasteiger partial charge in [-0.2, -0.15) is 4.98 Å². The number of rotatable bonds is 6. The molecule has 0 aliphatic rings. The Hall–Kier alpha value is -2.48. The third-order valence-corrected chi connectivity index (χ3v) is 3.00. The van der Waals surface area contributed by atoms with Crippen LogP contribution in [0.3, 0.4) is 0 Å². The summed E-state index contributed by atoms with van der Waals surface area (Å²) in [6.45, 7) is 4.04. The predicted octanol–water partition coefficient (Wildman–Crippen LogP) is 3.04. The fourth-order valence-electron chi connectivity index (χ4n) is 1.67. The van der Waals surface area contributed by atoms with Crippen LogP contribution in [0.15, 0.2) is 24.4 Å². The molecule has 0 fully saturated rings. The third kappa shape index (κ3) is 3.79. The highest BCUT2D eigenvalue weighted by Gasteiger charge is 2.16. The van der Waals surface area contributed by atoms with Gasteiger partial charge in [-0.15, -0.1) is 0 Å². The van der Waals surface area contributed by atoms with E-state index >= 15 is 0 Å². The Bertz CT molecular complexity index is 698. The van der Waals surface area contributed by atoms with Gasteiger partial charge in [0.05, 0.1) is 9.95 Å². The minimum absolute atomic E-state index is 0.0391. The number of nitrogens with one attached hydrogen (secondary N) is 2. The molecule has 0 atom stereocenters. The van der Waals surface area contributed by atoms with E-state index in [4.69, 9.17) is 11.6 Å². The molecule has 0 aliphatic carbocycles. The van der Waals surface area contributed by atoms with E-state index in [0.717, 1.165) is 6.20 Å². The fraction of sp³-hybridized carbons (Fsp3) is 0.154. The maximum atomic E-state index is 13.3. The molecule has 1 aromatic heterocycles. The van der Waals surface area contributed by atoms with Crippen molar-refractivity contribution in [3.05, 3.63) is 57.8 Å². The molecule has 2 aromatic rings. The van der Waals surface area contributed by atoms with Gasteiger partial charge in [0.2, 0.25) is 11.8 Å². The Morgan fingerprint density at radius 1 is 1.41 bits per heavy atom. The molecule has 0 aliphatic heterocycles. The Balaban J connectivity index is 2.14. The first-order chi connectivity index (χ1) is 10.5. The topological polar surface area (TPSA) is 93.0 Å². The van der Waals surface area contributed by atoms with Crippen molar-refractivity contribution in [1.82, 2.24) is 9.97 Å². The van der Waals surface area contributed by atoms with Crippen LogP contribution in [0.1, 0.15) is 5.56 Å². The van der Waals surface area contributed by atoms with E-state index in [9.17, 15) is 14.5 Å². The van der Waals surface area contributed by atoms with E-state index in [2.05, 4.69) is 27.5 Å². The summed E-state index contributed by atoms with van der Waals surface area (Å²) >= 11 is 5.60. The summed E-state index contributed by atoms with van der Waals surface area (Å²) < 4.78 is 13.3. The largest absolute Gasteiger partial charge is 0.364 e. The lowest BCUT2D eigenvalue weighted by Crippen LogP contribution is -2.09. The van der Waals surface area contributed by atoms with Crippen LogP contribution < -0.4 is 10.6 Å². The van der Waals surface area contributed by atoms with Crippen LogP contribution in [-0.2, 0) is 6.54 Å². The molecule has 1 radical (unpaired) electrons. The van der Waals surface area contributed by atoms with Gasteiger partial charge in [-0.25, -0.2) is 9.37 Å². The molecule has 0 saturated heterocycles. The molecule has 0 unspecified atom stereocenters. The summed E-state index contributed by atoms with van der Waals surface area (Å²) in [5, 5.41) is 16.4. The van der Waals surface area contributed by atoms with Gasteiger partial charge in [0.25, 0.3) is 0 Å². The van der Waals surface area contributed by atoms with Crippen molar-refractivity contribution in [2.75, 3.05) is 17.2 Å². The lowest BCUT2D eigenvalue weighted by molar-refractivity contribution is -0.384. The minimum atomic E-state index is -0.587. The summed E-state index contributed by atoms with van der Waals surface area (Å²) in [4.78, 5) is 18.1. The molecule has 2 N–H and O–H groups in total. The molecule has 9 heteroatoms. The Kier molecular flexibility index (Phi) is 5.05. The van der Waals surface area contributed by atoms with Gasteiger partial charge in [0.15, 0.2) is 0 Å². The number of nitro groups is 1. The average molecular weight is 325 g/mol. The smallest absolute Gasteiger partial charge is 0.329 e. The van der Waals surface area contributed by atoms with E-state index in [-0.39, 0.29) is 35.6 Å². The normalized spacial score (nSPS) is 10.3. The first-order valence-corrected chi connectivity index (χ1v) is 6.61. The van der Waals surface area contributed by atoms with Gasteiger partial charge in [0.1, 0.15) is 12.0 Å². The number of halogens is 2. The van der Waals surface area contributed by atoms with Crippen molar-refractivity contribution in [2.24, 2.45) is 0 Å². The van der Waals surface area contributed by atoms with Gasteiger partial charge in [-0.3, -0.25) is 10.1 Å². The first kappa shape index (κ1) is 15.9. The fourth-order valence-corrected chi connectivity index (χ4v) is 1.79. The van der Waals surface area contributed by atoms with E-state index in [0.29, 0.717) is 5.56 Å². The summed E-state index contributed by atoms with van der Waals surface area (Å²) in [6, 6.07) is 4.38. The van der Waals surface area contributed by atoms with Gasteiger partial charge in [0, 0.05) is 13.1 Å². The Labute approximate surface area is 130 Å². The summed E-state index contributed by atoms with van der Waals surface area (Å²) in [5.74, 6) is -0.276. The van der Waals surface area contributed by atoms with Gasteiger partial charge in [-0.05, 0) is 24.6 Å². The Morgan fingerprint density at radius 2 is 2.18 bits per heavy atom. The lowest BCUT2D eigenvalue weighted by Gasteiger charge is -2.08. The molecular weight excluding hydrogens is 313 g/mol. The van der Waals surface area contributed by atoms with Crippen LogP contribution in [0, 0.1) is 22.9 Å². The zero-order chi connectivity index (χ0) is 16.1. The van der Waals surface area contributed by atoms with Crippen LogP contribution in [0.2, 0.25) is 5.02 Å². The highest BCUT2D eigenvalue weighted by Crippen LogP contribution is 2.22. The van der Waals surface area contributed by atoms with E-state index in [1.807, 2.05) is 0 Å². The first-order valence-electron chi connectivity index (χ1n) is 6.23. The monoisotopic (exact) mass is 324 g/mol.